The first-order chi connectivity index (χ1) is 9.59. The minimum Gasteiger partial charge on any atom is -0.390 e. The smallest absolute Gasteiger partial charge is 0.163 e. The van der Waals surface area contributed by atoms with Gasteiger partial charge in [0.15, 0.2) is 12.1 Å². The molecule has 0 aliphatic carbocycles. The maximum atomic E-state index is 10.5. The van der Waals surface area contributed by atoms with Crippen LogP contribution in [-0.4, -0.2) is 56.8 Å². The molecule has 124 valence electrons. The lowest BCUT2D eigenvalue weighted by Crippen LogP contribution is -2.62. The molecule has 0 bridgehead atoms. The van der Waals surface area contributed by atoms with Crippen LogP contribution in [0.5, 0.6) is 0 Å². The summed E-state index contributed by atoms with van der Waals surface area (Å²) in [6.07, 6.45) is -1.59. The first-order valence-electron chi connectivity index (χ1n) is 7.86. The number of rotatable bonds is 4. The lowest BCUT2D eigenvalue weighted by atomic mass is 9.91. The summed E-state index contributed by atoms with van der Waals surface area (Å²) in [4.78, 5) is 0. The Morgan fingerprint density at radius 3 is 2.57 bits per heavy atom. The Hall–Kier alpha value is 0.0169. The Kier molecular flexibility index (Phi) is 5.18. The molecule has 6 heteroatoms. The van der Waals surface area contributed by atoms with Gasteiger partial charge < -0.3 is 24.1 Å². The highest BCUT2D eigenvalue weighted by molar-refractivity contribution is 6.76. The third-order valence-electron chi connectivity index (χ3n) is 4.13. The molecule has 2 aliphatic heterocycles. The normalized spacial score (nSPS) is 39.9. The minimum absolute atomic E-state index is 0.109. The molecular weight excluding hydrogens is 288 g/mol. The molecule has 5 atom stereocenters. The standard InChI is InChI=1S/C15H30O5Si/c1-10-12(16)13-11(9-18-15(2,3)20-13)19-14(10)17-7-8-21(4,5)6/h10-14,16H,7-9H2,1-6H3/t10?,11?,12-,13-,14-/m1/s1. The molecule has 0 aromatic rings. The van der Waals surface area contributed by atoms with E-state index in [9.17, 15) is 5.11 Å². The monoisotopic (exact) mass is 318 g/mol. The van der Waals surface area contributed by atoms with Crippen molar-refractivity contribution in [3.8, 4) is 0 Å². The lowest BCUT2D eigenvalue weighted by molar-refractivity contribution is -0.374. The van der Waals surface area contributed by atoms with Crippen LogP contribution in [0.3, 0.4) is 0 Å². The van der Waals surface area contributed by atoms with E-state index in [4.69, 9.17) is 18.9 Å². The number of hydrogen-bond donors (Lipinski definition) is 1. The molecular formula is C15H30O5Si. The van der Waals surface area contributed by atoms with Gasteiger partial charge in [-0.1, -0.05) is 26.6 Å². The highest BCUT2D eigenvalue weighted by Gasteiger charge is 2.49. The lowest BCUT2D eigenvalue weighted by Gasteiger charge is -2.49. The van der Waals surface area contributed by atoms with Gasteiger partial charge in [-0.15, -0.1) is 0 Å². The van der Waals surface area contributed by atoms with Crippen LogP contribution >= 0.6 is 0 Å². The predicted octanol–water partition coefficient (Wildman–Crippen LogP) is 2.21. The van der Waals surface area contributed by atoms with Gasteiger partial charge in [-0.3, -0.25) is 0 Å². The summed E-state index contributed by atoms with van der Waals surface area (Å²) >= 11 is 0. The molecule has 0 radical (unpaired) electrons. The Balaban J connectivity index is 1.92. The van der Waals surface area contributed by atoms with Gasteiger partial charge in [-0.25, -0.2) is 0 Å². The van der Waals surface area contributed by atoms with Crippen LogP contribution < -0.4 is 0 Å². The summed E-state index contributed by atoms with van der Waals surface area (Å²) in [5.41, 5.74) is 0. The van der Waals surface area contributed by atoms with E-state index < -0.39 is 20.0 Å². The van der Waals surface area contributed by atoms with Crippen LogP contribution in [0.4, 0.5) is 0 Å². The van der Waals surface area contributed by atoms with Crippen molar-refractivity contribution in [1.29, 1.82) is 0 Å². The average molecular weight is 318 g/mol. The van der Waals surface area contributed by atoms with Crippen molar-refractivity contribution < 1.29 is 24.1 Å². The average Bonchev–Trinajstić information content (AvgIpc) is 2.34. The maximum absolute atomic E-state index is 10.5. The summed E-state index contributed by atoms with van der Waals surface area (Å²) in [7, 11) is -1.13. The summed E-state index contributed by atoms with van der Waals surface area (Å²) in [5, 5.41) is 10.5. The molecule has 21 heavy (non-hydrogen) atoms. The van der Waals surface area contributed by atoms with E-state index in [-0.39, 0.29) is 24.4 Å². The van der Waals surface area contributed by atoms with E-state index in [0.717, 1.165) is 6.04 Å². The molecule has 0 spiro atoms. The van der Waals surface area contributed by atoms with Crippen LogP contribution in [0.2, 0.25) is 25.7 Å². The van der Waals surface area contributed by atoms with E-state index in [1.54, 1.807) is 0 Å². The molecule has 0 amide bonds. The van der Waals surface area contributed by atoms with Crippen LogP contribution in [0.15, 0.2) is 0 Å². The van der Waals surface area contributed by atoms with Gasteiger partial charge in [0, 0.05) is 20.6 Å². The molecule has 2 heterocycles. The first kappa shape index (κ1) is 17.4. The van der Waals surface area contributed by atoms with Crippen molar-refractivity contribution in [3.05, 3.63) is 0 Å². The zero-order chi connectivity index (χ0) is 15.8. The fourth-order valence-electron chi connectivity index (χ4n) is 2.65. The molecule has 0 aromatic carbocycles. The third-order valence-corrected chi connectivity index (χ3v) is 5.83. The van der Waals surface area contributed by atoms with Crippen LogP contribution in [0.25, 0.3) is 0 Å². The van der Waals surface area contributed by atoms with Crippen LogP contribution in [0, 0.1) is 5.92 Å². The number of aliphatic hydroxyl groups is 1. The summed E-state index contributed by atoms with van der Waals surface area (Å²) in [5.74, 6) is -0.779. The zero-order valence-corrected chi connectivity index (χ0v) is 15.1. The van der Waals surface area contributed by atoms with Gasteiger partial charge in [0.2, 0.25) is 0 Å². The van der Waals surface area contributed by atoms with E-state index >= 15 is 0 Å². The summed E-state index contributed by atoms with van der Waals surface area (Å²) in [6, 6.07) is 1.09. The van der Waals surface area contributed by atoms with E-state index in [2.05, 4.69) is 19.6 Å². The summed E-state index contributed by atoms with van der Waals surface area (Å²) in [6.45, 7) is 13.7. The number of hydrogen-bond acceptors (Lipinski definition) is 5. The topological polar surface area (TPSA) is 57.2 Å². The van der Waals surface area contributed by atoms with Crippen molar-refractivity contribution in [2.45, 2.75) is 76.8 Å². The molecule has 0 aromatic heterocycles. The van der Waals surface area contributed by atoms with Gasteiger partial charge >= 0.3 is 0 Å². The SMILES string of the molecule is CC1[C@H](OCC[Si](C)(C)C)OC2COC(C)(C)O[C@H]2[C@@H]1O. The number of aliphatic hydroxyl groups excluding tert-OH is 1. The van der Waals surface area contributed by atoms with Crippen LogP contribution in [0.1, 0.15) is 20.8 Å². The molecule has 2 aliphatic rings. The molecule has 2 unspecified atom stereocenters. The fraction of sp³-hybridized carbons (Fsp3) is 1.00. The second-order valence-electron chi connectivity index (χ2n) is 7.87. The van der Waals surface area contributed by atoms with Gasteiger partial charge in [0.1, 0.15) is 12.2 Å². The first-order valence-corrected chi connectivity index (χ1v) is 11.6. The van der Waals surface area contributed by atoms with E-state index in [1.807, 2.05) is 20.8 Å². The van der Waals surface area contributed by atoms with Gasteiger partial charge in [0.05, 0.1) is 12.7 Å². The van der Waals surface area contributed by atoms with Gasteiger partial charge in [0.25, 0.3) is 0 Å². The van der Waals surface area contributed by atoms with Crippen molar-refractivity contribution in [3.63, 3.8) is 0 Å². The van der Waals surface area contributed by atoms with Crippen molar-refractivity contribution >= 4 is 8.07 Å². The Morgan fingerprint density at radius 1 is 1.29 bits per heavy atom. The fourth-order valence-corrected chi connectivity index (χ4v) is 3.38. The van der Waals surface area contributed by atoms with Gasteiger partial charge in [-0.05, 0) is 19.9 Å². The second kappa shape index (κ2) is 6.26. The molecule has 2 saturated heterocycles. The Labute approximate surface area is 128 Å². The Bertz CT molecular complexity index is 352. The maximum Gasteiger partial charge on any atom is 0.163 e. The number of fused-ring (bicyclic) bond motifs is 1. The second-order valence-corrected chi connectivity index (χ2v) is 13.5. The van der Waals surface area contributed by atoms with Crippen molar-refractivity contribution in [2.75, 3.05) is 13.2 Å². The molecule has 2 fully saturated rings. The van der Waals surface area contributed by atoms with Gasteiger partial charge in [-0.2, -0.15) is 0 Å². The van der Waals surface area contributed by atoms with Crippen molar-refractivity contribution in [2.24, 2.45) is 5.92 Å². The highest BCUT2D eigenvalue weighted by atomic mass is 28.3. The molecule has 5 nitrogen and oxygen atoms in total. The van der Waals surface area contributed by atoms with E-state index in [0.29, 0.717) is 13.2 Å². The Morgan fingerprint density at radius 2 is 1.95 bits per heavy atom. The van der Waals surface area contributed by atoms with E-state index in [1.165, 1.54) is 0 Å². The largest absolute Gasteiger partial charge is 0.390 e. The highest BCUT2D eigenvalue weighted by Crippen LogP contribution is 2.35. The third kappa shape index (κ3) is 4.50. The molecule has 2 rings (SSSR count). The summed E-state index contributed by atoms with van der Waals surface area (Å²) < 4.78 is 23.3. The van der Waals surface area contributed by atoms with Crippen LogP contribution in [-0.2, 0) is 18.9 Å². The predicted molar refractivity (Wildman–Crippen MR) is 82.8 cm³/mol. The minimum atomic E-state index is -1.13. The zero-order valence-electron chi connectivity index (χ0n) is 14.1. The molecule has 0 saturated carbocycles. The quantitative estimate of drug-likeness (QED) is 0.806. The molecule has 1 N–H and O–H groups in total. The number of ether oxygens (including phenoxy) is 4. The van der Waals surface area contributed by atoms with Crippen molar-refractivity contribution in [1.82, 2.24) is 0 Å².